The number of carbonyl (C=O) groups excluding carboxylic acids is 1. The van der Waals surface area contributed by atoms with E-state index in [0.29, 0.717) is 24.6 Å². The quantitative estimate of drug-likeness (QED) is 0.672. The van der Waals surface area contributed by atoms with Crippen LogP contribution >= 0.6 is 0 Å². The number of rotatable bonds is 8. The molecule has 0 radical (unpaired) electrons. The van der Waals surface area contributed by atoms with Crippen LogP contribution in [0.5, 0.6) is 17.2 Å². The molecular weight excluding hydrogens is 375 g/mol. The molecule has 0 heterocycles. The van der Waals surface area contributed by atoms with E-state index >= 15 is 0 Å². The average molecular weight is 397 g/mol. The molecule has 0 aliphatic carbocycles. The Kier molecular flexibility index (Phi) is 7.14. The van der Waals surface area contributed by atoms with E-state index < -0.39 is 11.7 Å². The number of amides is 1. The van der Waals surface area contributed by atoms with Crippen LogP contribution in [0.4, 0.5) is 13.2 Å². The number of hydrogen-bond donors (Lipinski definition) is 0. The Morgan fingerprint density at radius 2 is 1.75 bits per heavy atom. The first-order chi connectivity index (χ1) is 13.3. The summed E-state index contributed by atoms with van der Waals surface area (Å²) in [5, 5.41) is 0. The van der Waals surface area contributed by atoms with Gasteiger partial charge in [-0.25, -0.2) is 0 Å². The summed E-state index contributed by atoms with van der Waals surface area (Å²) in [5.41, 5.74) is 0.00189. The normalized spacial score (nSPS) is 11.1. The van der Waals surface area contributed by atoms with Crippen molar-refractivity contribution in [3.8, 4) is 17.2 Å². The second-order valence-electron chi connectivity index (χ2n) is 5.91. The van der Waals surface area contributed by atoms with Crippen molar-refractivity contribution < 1.29 is 32.2 Å². The number of halogens is 3. The molecule has 152 valence electrons. The van der Waals surface area contributed by atoms with Gasteiger partial charge in [0.2, 0.25) is 0 Å². The summed E-state index contributed by atoms with van der Waals surface area (Å²) in [4.78, 5) is 14.0. The van der Waals surface area contributed by atoms with Crippen LogP contribution in [0.3, 0.4) is 0 Å². The minimum atomic E-state index is -4.47. The zero-order valence-electron chi connectivity index (χ0n) is 15.9. The Bertz CT molecular complexity index is 808. The van der Waals surface area contributed by atoms with Gasteiger partial charge < -0.3 is 19.1 Å². The van der Waals surface area contributed by atoms with Gasteiger partial charge in [0.1, 0.15) is 5.75 Å². The van der Waals surface area contributed by atoms with Crippen molar-refractivity contribution in [3.63, 3.8) is 0 Å². The van der Waals surface area contributed by atoms with Gasteiger partial charge in [0.15, 0.2) is 18.1 Å². The molecule has 0 atom stereocenters. The van der Waals surface area contributed by atoms with Crippen molar-refractivity contribution >= 4 is 5.91 Å². The van der Waals surface area contributed by atoms with Gasteiger partial charge in [-0.05, 0) is 42.8 Å². The fourth-order valence-corrected chi connectivity index (χ4v) is 2.57. The lowest BCUT2D eigenvalue weighted by molar-refractivity contribution is -0.137. The van der Waals surface area contributed by atoms with Gasteiger partial charge >= 0.3 is 6.18 Å². The zero-order chi connectivity index (χ0) is 20.7. The SMILES string of the molecule is CCN(Cc1ccc(OC)c(OC)c1)C(=O)COc1cccc(C(F)(F)F)c1. The Hall–Kier alpha value is -2.90. The number of likely N-dealkylation sites (N-methyl/N-ethyl adjacent to an activating group) is 1. The summed E-state index contributed by atoms with van der Waals surface area (Å²) in [6.45, 7) is 2.17. The van der Waals surface area contributed by atoms with Gasteiger partial charge in [-0.1, -0.05) is 12.1 Å². The van der Waals surface area contributed by atoms with Gasteiger partial charge in [0.05, 0.1) is 19.8 Å². The van der Waals surface area contributed by atoms with E-state index in [-0.39, 0.29) is 18.3 Å². The van der Waals surface area contributed by atoms with Crippen LogP contribution in [-0.2, 0) is 17.5 Å². The van der Waals surface area contributed by atoms with Crippen molar-refractivity contribution in [2.75, 3.05) is 27.4 Å². The monoisotopic (exact) mass is 397 g/mol. The molecule has 1 amide bonds. The predicted molar refractivity (Wildman–Crippen MR) is 97.6 cm³/mol. The molecule has 8 heteroatoms. The van der Waals surface area contributed by atoms with Crippen LogP contribution in [0.25, 0.3) is 0 Å². The van der Waals surface area contributed by atoms with Crippen LogP contribution < -0.4 is 14.2 Å². The highest BCUT2D eigenvalue weighted by molar-refractivity contribution is 5.77. The van der Waals surface area contributed by atoms with Crippen LogP contribution in [0.1, 0.15) is 18.1 Å². The lowest BCUT2D eigenvalue weighted by atomic mass is 10.2. The Labute approximate surface area is 161 Å². The number of hydrogen-bond acceptors (Lipinski definition) is 4. The molecule has 0 unspecified atom stereocenters. The van der Waals surface area contributed by atoms with Gasteiger partial charge in [-0.15, -0.1) is 0 Å². The van der Waals surface area contributed by atoms with Crippen molar-refractivity contribution in [1.29, 1.82) is 0 Å². The minimum absolute atomic E-state index is 0.00894. The van der Waals surface area contributed by atoms with Crippen molar-refractivity contribution in [3.05, 3.63) is 53.6 Å². The van der Waals surface area contributed by atoms with E-state index in [0.717, 1.165) is 17.7 Å². The first kappa shape index (κ1) is 21.4. The molecule has 0 fully saturated rings. The third-order valence-electron chi connectivity index (χ3n) is 4.08. The maximum Gasteiger partial charge on any atom is 0.416 e. The molecule has 0 aliphatic heterocycles. The molecule has 2 aromatic carbocycles. The average Bonchev–Trinajstić information content (AvgIpc) is 2.69. The second-order valence-corrected chi connectivity index (χ2v) is 5.91. The lowest BCUT2D eigenvalue weighted by Gasteiger charge is -2.22. The van der Waals surface area contributed by atoms with Crippen molar-refractivity contribution in [2.45, 2.75) is 19.6 Å². The molecule has 2 rings (SSSR count). The molecule has 0 aromatic heterocycles. The summed E-state index contributed by atoms with van der Waals surface area (Å²) in [6, 6.07) is 9.76. The Morgan fingerprint density at radius 1 is 1.04 bits per heavy atom. The Morgan fingerprint density at radius 3 is 2.36 bits per heavy atom. The molecule has 0 saturated carbocycles. The minimum Gasteiger partial charge on any atom is -0.493 e. The smallest absolute Gasteiger partial charge is 0.416 e. The van der Waals surface area contributed by atoms with E-state index in [1.165, 1.54) is 31.3 Å². The molecule has 0 aliphatic rings. The highest BCUT2D eigenvalue weighted by Crippen LogP contribution is 2.31. The number of benzene rings is 2. The summed E-state index contributed by atoms with van der Waals surface area (Å²) >= 11 is 0. The summed E-state index contributed by atoms with van der Waals surface area (Å²) < 4.78 is 54.0. The summed E-state index contributed by atoms with van der Waals surface area (Å²) in [5.74, 6) is 0.775. The first-order valence-electron chi connectivity index (χ1n) is 8.57. The first-order valence-corrected chi connectivity index (χ1v) is 8.57. The maximum absolute atomic E-state index is 12.8. The van der Waals surface area contributed by atoms with E-state index in [9.17, 15) is 18.0 Å². The Balaban J connectivity index is 2.02. The summed E-state index contributed by atoms with van der Waals surface area (Å²) in [6.07, 6.45) is -4.47. The number of alkyl halides is 3. The third kappa shape index (κ3) is 5.55. The second kappa shape index (κ2) is 9.34. The number of methoxy groups -OCH3 is 2. The highest BCUT2D eigenvalue weighted by atomic mass is 19.4. The summed E-state index contributed by atoms with van der Waals surface area (Å²) in [7, 11) is 3.05. The van der Waals surface area contributed by atoms with E-state index in [4.69, 9.17) is 14.2 Å². The van der Waals surface area contributed by atoms with Gasteiger partial charge in [-0.3, -0.25) is 4.79 Å². The molecule has 28 heavy (non-hydrogen) atoms. The van der Waals surface area contributed by atoms with Crippen LogP contribution in [0.15, 0.2) is 42.5 Å². The lowest BCUT2D eigenvalue weighted by Crippen LogP contribution is -2.34. The number of ether oxygens (including phenoxy) is 3. The topological polar surface area (TPSA) is 48.0 Å². The van der Waals surface area contributed by atoms with Crippen molar-refractivity contribution in [2.24, 2.45) is 0 Å². The number of carbonyl (C=O) groups is 1. The molecular formula is C20H22F3NO4. The largest absolute Gasteiger partial charge is 0.493 e. The van der Waals surface area contributed by atoms with Gasteiger partial charge in [-0.2, -0.15) is 13.2 Å². The molecule has 0 bridgehead atoms. The standard InChI is InChI=1S/C20H22F3NO4/c1-4-24(12-14-8-9-17(26-2)18(10-14)27-3)19(25)13-28-16-7-5-6-15(11-16)20(21,22)23/h5-11H,4,12-13H2,1-3H3. The van der Waals surface area contributed by atoms with E-state index in [1.807, 2.05) is 13.0 Å². The van der Waals surface area contributed by atoms with Crippen molar-refractivity contribution in [1.82, 2.24) is 4.90 Å². The molecule has 0 saturated heterocycles. The number of nitrogens with zero attached hydrogens (tertiary/aromatic N) is 1. The highest BCUT2D eigenvalue weighted by Gasteiger charge is 2.30. The predicted octanol–water partition coefficient (Wildman–Crippen LogP) is 4.15. The molecule has 0 spiro atoms. The fraction of sp³-hybridized carbons (Fsp3) is 0.350. The zero-order valence-corrected chi connectivity index (χ0v) is 15.9. The third-order valence-corrected chi connectivity index (χ3v) is 4.08. The van der Waals surface area contributed by atoms with Gasteiger partial charge in [0, 0.05) is 13.1 Å². The maximum atomic E-state index is 12.8. The molecule has 2 aromatic rings. The van der Waals surface area contributed by atoms with Gasteiger partial charge in [0.25, 0.3) is 5.91 Å². The van der Waals surface area contributed by atoms with E-state index in [1.54, 1.807) is 12.1 Å². The van der Waals surface area contributed by atoms with Crippen LogP contribution in [-0.4, -0.2) is 38.2 Å². The molecule has 0 N–H and O–H groups in total. The fourth-order valence-electron chi connectivity index (χ4n) is 2.57. The van der Waals surface area contributed by atoms with Crippen LogP contribution in [0.2, 0.25) is 0 Å². The van der Waals surface area contributed by atoms with Crippen LogP contribution in [0, 0.1) is 0 Å². The van der Waals surface area contributed by atoms with E-state index in [2.05, 4.69) is 0 Å². The molecule has 5 nitrogen and oxygen atoms in total.